The number of Topliss-reactive ketones (excluding diaryl/α,β-unsaturated/α-hetero) is 1. The van der Waals surface area contributed by atoms with Crippen molar-refractivity contribution in [1.29, 1.82) is 0 Å². The summed E-state index contributed by atoms with van der Waals surface area (Å²) in [5, 5.41) is 9.91. The van der Waals surface area contributed by atoms with Gasteiger partial charge in [0, 0.05) is 5.56 Å². The molecule has 1 N–H and O–H groups in total. The molecule has 0 aliphatic heterocycles. The molecule has 0 fully saturated rings. The minimum atomic E-state index is -0.830. The molecule has 1 unspecified atom stereocenters. The molecule has 0 radical (unpaired) electrons. The Bertz CT molecular complexity index is 576. The molecule has 2 aromatic rings. The summed E-state index contributed by atoms with van der Waals surface area (Å²) in [6, 6.07) is 12.3. The Kier molecular flexibility index (Phi) is 4.48. The van der Waals surface area contributed by atoms with E-state index in [1.165, 1.54) is 31.2 Å². The van der Waals surface area contributed by atoms with E-state index in [1.807, 2.05) is 0 Å². The van der Waals surface area contributed by atoms with Crippen molar-refractivity contribution in [3.63, 3.8) is 0 Å². The summed E-state index contributed by atoms with van der Waals surface area (Å²) in [6.07, 6.45) is -0.830. The van der Waals surface area contributed by atoms with Gasteiger partial charge in [-0.15, -0.1) is 0 Å². The van der Waals surface area contributed by atoms with Crippen molar-refractivity contribution in [2.45, 2.75) is 13.0 Å². The standard InChI is InChI=1S/C16H15FO3/c1-11(18)12-4-8-15(9-5-12)20-10-16(19)13-2-6-14(17)7-3-13/h2-9,16,19H,10H2,1H3. The van der Waals surface area contributed by atoms with Gasteiger partial charge in [0.25, 0.3) is 0 Å². The predicted octanol–water partition coefficient (Wildman–Crippen LogP) is 3.14. The number of ether oxygens (including phenoxy) is 1. The molecule has 0 amide bonds. The molecule has 0 spiro atoms. The molecule has 20 heavy (non-hydrogen) atoms. The number of carbonyl (C=O) groups is 1. The molecular formula is C16H15FO3. The molecule has 0 saturated carbocycles. The van der Waals surface area contributed by atoms with Crippen LogP contribution in [0.15, 0.2) is 48.5 Å². The van der Waals surface area contributed by atoms with Crippen molar-refractivity contribution >= 4 is 5.78 Å². The van der Waals surface area contributed by atoms with Gasteiger partial charge in [0.2, 0.25) is 0 Å². The van der Waals surface area contributed by atoms with E-state index in [9.17, 15) is 14.3 Å². The zero-order chi connectivity index (χ0) is 14.5. The quantitative estimate of drug-likeness (QED) is 0.852. The van der Waals surface area contributed by atoms with Crippen LogP contribution in [0.3, 0.4) is 0 Å². The maximum absolute atomic E-state index is 12.8. The third kappa shape index (κ3) is 3.65. The molecule has 0 bridgehead atoms. The Hall–Kier alpha value is -2.20. The highest BCUT2D eigenvalue weighted by Crippen LogP contribution is 2.17. The molecule has 1 atom stereocenters. The Labute approximate surface area is 116 Å². The van der Waals surface area contributed by atoms with Gasteiger partial charge in [0.1, 0.15) is 24.3 Å². The number of aliphatic hydroxyl groups is 1. The average molecular weight is 274 g/mol. The summed E-state index contributed by atoms with van der Waals surface area (Å²) in [6.45, 7) is 1.55. The van der Waals surface area contributed by atoms with Crippen molar-refractivity contribution in [2.75, 3.05) is 6.61 Å². The second-order valence-corrected chi connectivity index (χ2v) is 4.46. The normalized spacial score (nSPS) is 11.9. The van der Waals surface area contributed by atoms with E-state index in [1.54, 1.807) is 24.3 Å². The molecule has 4 heteroatoms. The van der Waals surface area contributed by atoms with Crippen LogP contribution in [-0.4, -0.2) is 17.5 Å². The van der Waals surface area contributed by atoms with Crippen LogP contribution in [0.1, 0.15) is 28.9 Å². The molecule has 3 nitrogen and oxygen atoms in total. The monoisotopic (exact) mass is 274 g/mol. The molecular weight excluding hydrogens is 259 g/mol. The first-order valence-corrected chi connectivity index (χ1v) is 6.23. The number of benzene rings is 2. The molecule has 0 aliphatic carbocycles. The van der Waals surface area contributed by atoms with E-state index in [-0.39, 0.29) is 18.2 Å². The fourth-order valence-corrected chi connectivity index (χ4v) is 1.74. The van der Waals surface area contributed by atoms with Gasteiger partial charge < -0.3 is 9.84 Å². The maximum Gasteiger partial charge on any atom is 0.159 e. The SMILES string of the molecule is CC(=O)c1ccc(OCC(O)c2ccc(F)cc2)cc1. The molecule has 0 aliphatic rings. The van der Waals surface area contributed by atoms with Gasteiger partial charge in [-0.25, -0.2) is 4.39 Å². The fraction of sp³-hybridized carbons (Fsp3) is 0.188. The number of aliphatic hydroxyl groups excluding tert-OH is 1. The summed E-state index contributed by atoms with van der Waals surface area (Å²) in [5.41, 5.74) is 1.20. The number of ketones is 1. The molecule has 104 valence electrons. The fourth-order valence-electron chi connectivity index (χ4n) is 1.74. The first kappa shape index (κ1) is 14.2. The van der Waals surface area contributed by atoms with E-state index < -0.39 is 6.10 Å². The molecule has 0 saturated heterocycles. The van der Waals surface area contributed by atoms with Crippen molar-refractivity contribution in [2.24, 2.45) is 0 Å². The van der Waals surface area contributed by atoms with Gasteiger partial charge in [0.15, 0.2) is 5.78 Å². The van der Waals surface area contributed by atoms with Crippen LogP contribution in [0.4, 0.5) is 4.39 Å². The summed E-state index contributed by atoms with van der Waals surface area (Å²) < 4.78 is 18.2. The van der Waals surface area contributed by atoms with Crippen LogP contribution in [-0.2, 0) is 0 Å². The average Bonchev–Trinajstić information content (AvgIpc) is 2.46. The molecule has 0 aromatic heterocycles. The van der Waals surface area contributed by atoms with Gasteiger partial charge in [-0.3, -0.25) is 4.79 Å². The van der Waals surface area contributed by atoms with E-state index in [2.05, 4.69) is 0 Å². The van der Waals surface area contributed by atoms with E-state index in [0.717, 1.165) is 0 Å². The zero-order valence-corrected chi connectivity index (χ0v) is 11.0. The number of rotatable bonds is 5. The van der Waals surface area contributed by atoms with Crippen LogP contribution in [0.5, 0.6) is 5.75 Å². The van der Waals surface area contributed by atoms with Crippen molar-refractivity contribution < 1.29 is 19.0 Å². The minimum Gasteiger partial charge on any atom is -0.491 e. The van der Waals surface area contributed by atoms with Gasteiger partial charge in [-0.2, -0.15) is 0 Å². The molecule has 2 rings (SSSR count). The van der Waals surface area contributed by atoms with Crippen molar-refractivity contribution in [1.82, 2.24) is 0 Å². The Morgan fingerprint density at radius 2 is 1.75 bits per heavy atom. The smallest absolute Gasteiger partial charge is 0.159 e. The largest absolute Gasteiger partial charge is 0.491 e. The van der Waals surface area contributed by atoms with Gasteiger partial charge in [-0.1, -0.05) is 12.1 Å². The highest BCUT2D eigenvalue weighted by atomic mass is 19.1. The van der Waals surface area contributed by atoms with Crippen LogP contribution in [0.2, 0.25) is 0 Å². The van der Waals surface area contributed by atoms with Crippen LogP contribution < -0.4 is 4.74 Å². The van der Waals surface area contributed by atoms with E-state index >= 15 is 0 Å². The van der Waals surface area contributed by atoms with E-state index in [4.69, 9.17) is 4.74 Å². The predicted molar refractivity (Wildman–Crippen MR) is 73.3 cm³/mol. The van der Waals surface area contributed by atoms with Crippen LogP contribution >= 0.6 is 0 Å². The van der Waals surface area contributed by atoms with Gasteiger partial charge in [-0.05, 0) is 48.9 Å². The highest BCUT2D eigenvalue weighted by Gasteiger charge is 2.08. The third-order valence-corrected chi connectivity index (χ3v) is 2.92. The lowest BCUT2D eigenvalue weighted by Gasteiger charge is -2.12. The Balaban J connectivity index is 1.94. The van der Waals surface area contributed by atoms with Gasteiger partial charge in [0.05, 0.1) is 0 Å². The summed E-state index contributed by atoms with van der Waals surface area (Å²) in [5.74, 6) is 0.209. The lowest BCUT2D eigenvalue weighted by Crippen LogP contribution is -2.09. The topological polar surface area (TPSA) is 46.5 Å². The first-order valence-electron chi connectivity index (χ1n) is 6.23. The zero-order valence-electron chi connectivity index (χ0n) is 11.0. The minimum absolute atomic E-state index is 0.0112. The first-order chi connectivity index (χ1) is 9.56. The van der Waals surface area contributed by atoms with Crippen LogP contribution in [0, 0.1) is 5.82 Å². The summed E-state index contributed by atoms with van der Waals surface area (Å²) in [7, 11) is 0. The summed E-state index contributed by atoms with van der Waals surface area (Å²) >= 11 is 0. The van der Waals surface area contributed by atoms with Crippen LogP contribution in [0.25, 0.3) is 0 Å². The van der Waals surface area contributed by atoms with Crippen molar-refractivity contribution in [3.05, 3.63) is 65.5 Å². The second kappa shape index (κ2) is 6.30. The lowest BCUT2D eigenvalue weighted by atomic mass is 10.1. The van der Waals surface area contributed by atoms with Gasteiger partial charge >= 0.3 is 0 Å². The molecule has 0 heterocycles. The van der Waals surface area contributed by atoms with E-state index in [0.29, 0.717) is 16.9 Å². The number of carbonyl (C=O) groups excluding carboxylic acids is 1. The lowest BCUT2D eigenvalue weighted by molar-refractivity contribution is 0.101. The third-order valence-electron chi connectivity index (χ3n) is 2.92. The number of hydrogen-bond donors (Lipinski definition) is 1. The Morgan fingerprint density at radius 3 is 2.30 bits per heavy atom. The molecule has 2 aromatic carbocycles. The maximum atomic E-state index is 12.8. The van der Waals surface area contributed by atoms with Crippen molar-refractivity contribution in [3.8, 4) is 5.75 Å². The summed E-state index contributed by atoms with van der Waals surface area (Å²) in [4.78, 5) is 11.1. The Morgan fingerprint density at radius 1 is 1.15 bits per heavy atom. The number of halogens is 1. The highest BCUT2D eigenvalue weighted by molar-refractivity contribution is 5.94. The number of hydrogen-bond acceptors (Lipinski definition) is 3. The second-order valence-electron chi connectivity index (χ2n) is 4.46.